The van der Waals surface area contributed by atoms with Gasteiger partial charge >= 0.3 is 11.9 Å². The Labute approximate surface area is 156 Å². The number of esters is 2. The summed E-state index contributed by atoms with van der Waals surface area (Å²) in [4.78, 5) is 25.9. The van der Waals surface area contributed by atoms with E-state index in [2.05, 4.69) is 10.2 Å². The van der Waals surface area contributed by atoms with Crippen LogP contribution in [0.4, 0.5) is 0 Å². The zero-order valence-electron chi connectivity index (χ0n) is 15.2. The zero-order valence-corrected chi connectivity index (χ0v) is 15.2. The number of hydrogen-bond acceptors (Lipinski definition) is 6. The van der Waals surface area contributed by atoms with Crippen molar-refractivity contribution < 1.29 is 19.1 Å². The quantitative estimate of drug-likeness (QED) is 0.394. The number of ether oxygens (including phenoxy) is 2. The molecule has 0 fully saturated rings. The Balaban J connectivity index is 2.14. The molecule has 0 atom stereocenters. The Morgan fingerprint density at radius 3 is 2.30 bits per heavy atom. The lowest BCUT2D eigenvalue weighted by atomic mass is 10.0. The highest BCUT2D eigenvalue weighted by molar-refractivity contribution is 6.04. The molecule has 7 heteroatoms. The average molecular weight is 365 g/mol. The molecule has 1 heterocycles. The number of rotatable bonds is 5. The number of methoxy groups -OCH3 is 2. The fourth-order valence-corrected chi connectivity index (χ4v) is 2.73. The van der Waals surface area contributed by atoms with E-state index in [1.54, 1.807) is 24.4 Å². The molecule has 0 aliphatic heterocycles. The summed E-state index contributed by atoms with van der Waals surface area (Å²) in [6.45, 7) is 2.00. The summed E-state index contributed by atoms with van der Waals surface area (Å²) >= 11 is 0. The van der Waals surface area contributed by atoms with Gasteiger partial charge < -0.3 is 9.47 Å². The molecule has 0 saturated carbocycles. The molecule has 0 saturated heterocycles. The molecule has 0 spiro atoms. The van der Waals surface area contributed by atoms with Crippen LogP contribution in [0.5, 0.6) is 0 Å². The molecule has 0 radical (unpaired) electrons. The van der Waals surface area contributed by atoms with Gasteiger partial charge in [0.2, 0.25) is 0 Å². The lowest BCUT2D eigenvalue weighted by Gasteiger charge is -2.13. The normalized spacial score (nSPS) is 11.3. The van der Waals surface area contributed by atoms with Gasteiger partial charge in [-0.25, -0.2) is 0 Å². The van der Waals surface area contributed by atoms with Gasteiger partial charge in [-0.15, -0.1) is 0 Å². The first-order valence-electron chi connectivity index (χ1n) is 8.29. The predicted octanol–water partition coefficient (Wildman–Crippen LogP) is 2.66. The van der Waals surface area contributed by atoms with Crippen LogP contribution in [0.25, 0.3) is 10.9 Å². The summed E-state index contributed by atoms with van der Waals surface area (Å²) in [5.41, 5.74) is 2.90. The summed E-state index contributed by atoms with van der Waals surface area (Å²) < 4.78 is 9.61. The number of nitrogens with zero attached hydrogens (tertiary/aromatic N) is 3. The van der Waals surface area contributed by atoms with Crippen molar-refractivity contribution in [3.8, 4) is 0 Å². The minimum Gasteiger partial charge on any atom is -0.468 e. The van der Waals surface area contributed by atoms with Crippen LogP contribution in [0.2, 0.25) is 0 Å². The summed E-state index contributed by atoms with van der Waals surface area (Å²) in [6, 6.07) is 14.9. The fraction of sp³-hybridized carbons (Fsp3) is 0.200. The van der Waals surface area contributed by atoms with E-state index >= 15 is 0 Å². The Kier molecular flexibility index (Phi) is 5.30. The van der Waals surface area contributed by atoms with Crippen molar-refractivity contribution >= 4 is 29.1 Å². The van der Waals surface area contributed by atoms with Gasteiger partial charge in [0, 0.05) is 5.39 Å². The first kappa shape index (κ1) is 18.3. The van der Waals surface area contributed by atoms with Gasteiger partial charge in [-0.1, -0.05) is 48.0 Å². The Morgan fingerprint density at radius 1 is 1.04 bits per heavy atom. The lowest BCUT2D eigenvalue weighted by Crippen LogP contribution is -2.26. The van der Waals surface area contributed by atoms with Crippen molar-refractivity contribution in [2.24, 2.45) is 5.10 Å². The van der Waals surface area contributed by atoms with Gasteiger partial charge in [0.1, 0.15) is 0 Å². The number of carbonyl (C=O) groups excluding carboxylic acids is 2. The van der Waals surface area contributed by atoms with E-state index in [4.69, 9.17) is 9.47 Å². The number of aryl methyl sites for hydroxylation is 1. The highest BCUT2D eigenvalue weighted by atomic mass is 16.5. The molecule has 2 aromatic carbocycles. The molecular formula is C20H19N3O4. The van der Waals surface area contributed by atoms with Crippen LogP contribution < -0.4 is 0 Å². The highest BCUT2D eigenvalue weighted by Gasteiger charge is 2.36. The second kappa shape index (κ2) is 7.82. The number of benzene rings is 2. The van der Waals surface area contributed by atoms with E-state index in [9.17, 15) is 9.59 Å². The van der Waals surface area contributed by atoms with Crippen molar-refractivity contribution in [3.63, 3.8) is 0 Å². The third-order valence-corrected chi connectivity index (χ3v) is 4.14. The molecule has 1 aromatic heterocycles. The minimum absolute atomic E-state index is 0.299. The maximum Gasteiger partial charge on any atom is 0.326 e. The van der Waals surface area contributed by atoms with E-state index < -0.39 is 17.9 Å². The maximum atomic E-state index is 12.3. The molecule has 0 unspecified atom stereocenters. The van der Waals surface area contributed by atoms with Crippen molar-refractivity contribution in [1.82, 2.24) is 9.89 Å². The Bertz CT molecular complexity index is 990. The maximum absolute atomic E-state index is 12.3. The van der Waals surface area contributed by atoms with Crippen LogP contribution in [0.1, 0.15) is 22.7 Å². The van der Waals surface area contributed by atoms with Gasteiger partial charge in [0.05, 0.1) is 31.6 Å². The monoisotopic (exact) mass is 365 g/mol. The van der Waals surface area contributed by atoms with Crippen LogP contribution in [0.15, 0.2) is 53.6 Å². The number of aromatic nitrogens is 2. The molecule has 138 valence electrons. The van der Waals surface area contributed by atoms with Crippen LogP contribution in [-0.4, -0.2) is 42.3 Å². The number of fused-ring (bicyclic) bond motifs is 1. The van der Waals surface area contributed by atoms with E-state index in [0.29, 0.717) is 16.6 Å². The topological polar surface area (TPSA) is 82.8 Å². The van der Waals surface area contributed by atoms with Gasteiger partial charge in [-0.3, -0.25) is 9.59 Å². The molecule has 7 nitrogen and oxygen atoms in total. The van der Waals surface area contributed by atoms with Crippen LogP contribution in [0.3, 0.4) is 0 Å². The van der Waals surface area contributed by atoms with Gasteiger partial charge in [0.15, 0.2) is 5.92 Å². The molecule has 3 aromatic rings. The van der Waals surface area contributed by atoms with Crippen LogP contribution in [0, 0.1) is 6.92 Å². The van der Waals surface area contributed by atoms with Gasteiger partial charge in [0.25, 0.3) is 0 Å². The molecular weight excluding hydrogens is 346 g/mol. The molecule has 0 N–H and O–H groups in total. The van der Waals surface area contributed by atoms with Gasteiger partial charge in [-0.05, 0) is 18.6 Å². The molecule has 3 rings (SSSR count). The Morgan fingerprint density at radius 2 is 1.67 bits per heavy atom. The second-order valence-corrected chi connectivity index (χ2v) is 5.93. The van der Waals surface area contributed by atoms with E-state index in [0.717, 1.165) is 11.1 Å². The third-order valence-electron chi connectivity index (χ3n) is 4.14. The number of carbonyl (C=O) groups is 2. The van der Waals surface area contributed by atoms with E-state index in [1.807, 2.05) is 37.3 Å². The summed E-state index contributed by atoms with van der Waals surface area (Å²) in [7, 11) is 2.44. The predicted molar refractivity (Wildman–Crippen MR) is 101 cm³/mol. The summed E-state index contributed by atoms with van der Waals surface area (Å²) in [5, 5.41) is 9.39. The summed E-state index contributed by atoms with van der Waals surface area (Å²) in [6.07, 6.45) is 1.61. The first-order chi connectivity index (χ1) is 13.0. The standard InChI is InChI=1S/C20H19N3O4/c1-13-8-10-14(11-9-13)12-21-23-18(15-6-4-5-7-16(15)22-23)17(19(24)26-2)20(25)27-3/h4-12,17H,1-3H3. The van der Waals surface area contributed by atoms with Crippen LogP contribution >= 0.6 is 0 Å². The highest BCUT2D eigenvalue weighted by Crippen LogP contribution is 2.28. The van der Waals surface area contributed by atoms with Crippen LogP contribution in [-0.2, 0) is 19.1 Å². The summed E-state index contributed by atoms with van der Waals surface area (Å²) in [5.74, 6) is -2.76. The number of hydrogen-bond donors (Lipinski definition) is 0. The smallest absolute Gasteiger partial charge is 0.326 e. The van der Waals surface area contributed by atoms with Crippen molar-refractivity contribution in [3.05, 3.63) is 65.4 Å². The van der Waals surface area contributed by atoms with Crippen molar-refractivity contribution in [2.45, 2.75) is 12.8 Å². The zero-order chi connectivity index (χ0) is 19.4. The third kappa shape index (κ3) is 3.72. The average Bonchev–Trinajstić information content (AvgIpc) is 3.05. The lowest BCUT2D eigenvalue weighted by molar-refractivity contribution is -0.154. The van der Waals surface area contributed by atoms with Crippen molar-refractivity contribution in [2.75, 3.05) is 14.2 Å². The molecule has 0 amide bonds. The van der Waals surface area contributed by atoms with E-state index in [1.165, 1.54) is 19.0 Å². The second-order valence-electron chi connectivity index (χ2n) is 5.93. The molecule has 0 aliphatic carbocycles. The first-order valence-corrected chi connectivity index (χ1v) is 8.29. The van der Waals surface area contributed by atoms with Gasteiger partial charge in [-0.2, -0.15) is 15.0 Å². The minimum atomic E-state index is -1.29. The van der Waals surface area contributed by atoms with Crippen molar-refractivity contribution in [1.29, 1.82) is 0 Å². The fourth-order valence-electron chi connectivity index (χ4n) is 2.73. The SMILES string of the molecule is COC(=O)C(C(=O)OC)c1c2ccccc2nn1N=Cc1ccc(C)cc1. The van der Waals surface area contributed by atoms with E-state index in [-0.39, 0.29) is 0 Å². The largest absolute Gasteiger partial charge is 0.468 e. The molecule has 0 bridgehead atoms. The molecule has 0 aliphatic rings. The molecule has 27 heavy (non-hydrogen) atoms. The Hall–Kier alpha value is -3.48.